The first kappa shape index (κ1) is 20.6. The lowest BCUT2D eigenvalue weighted by molar-refractivity contribution is -0.131. The first-order valence-electron chi connectivity index (χ1n) is 9.89. The summed E-state index contributed by atoms with van der Waals surface area (Å²) in [6.45, 7) is 6.86. The maximum atomic E-state index is 12.7. The number of benzene rings is 1. The van der Waals surface area contributed by atoms with E-state index in [0.29, 0.717) is 56.7 Å². The molecule has 154 valence electrons. The highest BCUT2D eigenvalue weighted by Crippen LogP contribution is 2.28. The molecule has 3 rings (SSSR count). The minimum atomic E-state index is -0.115. The van der Waals surface area contributed by atoms with Gasteiger partial charge in [-0.2, -0.15) is 0 Å². The molecule has 0 radical (unpaired) electrons. The predicted molar refractivity (Wildman–Crippen MR) is 111 cm³/mol. The Kier molecular flexibility index (Phi) is 6.99. The number of carbonyl (C=O) groups excluding carboxylic acids is 2. The maximum Gasteiger partial charge on any atom is 0.225 e. The fraction of sp³-hybridized carbons (Fsp3) is 0.429. The van der Waals surface area contributed by atoms with Gasteiger partial charge in [0, 0.05) is 58.5 Å². The predicted octanol–water partition coefficient (Wildman–Crippen LogP) is 1.97. The van der Waals surface area contributed by atoms with E-state index in [0.717, 1.165) is 0 Å². The molecular formula is C21H27N5O3. The van der Waals surface area contributed by atoms with Gasteiger partial charge in [-0.1, -0.05) is 12.1 Å². The van der Waals surface area contributed by atoms with Gasteiger partial charge in [0.1, 0.15) is 5.75 Å². The van der Waals surface area contributed by atoms with E-state index in [1.54, 1.807) is 23.4 Å². The Hall–Kier alpha value is -3.16. The number of para-hydroxylation sites is 2. The number of rotatable bonds is 7. The molecule has 29 heavy (non-hydrogen) atoms. The number of nitrogens with zero attached hydrogens (tertiary/aromatic N) is 5. The minimum Gasteiger partial charge on any atom is -0.492 e. The van der Waals surface area contributed by atoms with E-state index in [1.807, 2.05) is 36.1 Å². The Morgan fingerprint density at radius 1 is 1.07 bits per heavy atom. The molecule has 8 nitrogen and oxygen atoms in total. The van der Waals surface area contributed by atoms with E-state index in [-0.39, 0.29) is 18.2 Å². The summed E-state index contributed by atoms with van der Waals surface area (Å²) in [5, 5.41) is 0. The second kappa shape index (κ2) is 9.86. The zero-order chi connectivity index (χ0) is 20.6. The van der Waals surface area contributed by atoms with E-state index >= 15 is 0 Å². The summed E-state index contributed by atoms with van der Waals surface area (Å²) in [6, 6.07) is 9.19. The molecule has 0 atom stereocenters. The Labute approximate surface area is 171 Å². The van der Waals surface area contributed by atoms with E-state index in [4.69, 9.17) is 4.74 Å². The van der Waals surface area contributed by atoms with Crippen molar-refractivity contribution in [3.8, 4) is 5.75 Å². The number of amides is 2. The summed E-state index contributed by atoms with van der Waals surface area (Å²) in [7, 11) is 0. The molecule has 2 aromatic rings. The molecule has 0 N–H and O–H groups in total. The van der Waals surface area contributed by atoms with Crippen molar-refractivity contribution in [2.45, 2.75) is 20.3 Å². The van der Waals surface area contributed by atoms with Crippen LogP contribution in [-0.4, -0.2) is 66.0 Å². The first-order valence-corrected chi connectivity index (χ1v) is 9.89. The second-order valence-electron chi connectivity index (χ2n) is 6.74. The molecule has 1 aromatic carbocycles. The zero-order valence-electron chi connectivity index (χ0n) is 17.0. The molecule has 1 fully saturated rings. The van der Waals surface area contributed by atoms with Crippen LogP contribution in [-0.2, 0) is 9.59 Å². The highest BCUT2D eigenvalue weighted by molar-refractivity contribution is 5.93. The van der Waals surface area contributed by atoms with Crippen LogP contribution < -0.4 is 14.5 Å². The zero-order valence-corrected chi connectivity index (χ0v) is 17.0. The molecule has 1 saturated heterocycles. The van der Waals surface area contributed by atoms with Crippen molar-refractivity contribution < 1.29 is 14.3 Å². The van der Waals surface area contributed by atoms with Crippen LogP contribution in [0.1, 0.15) is 20.3 Å². The Morgan fingerprint density at radius 2 is 1.76 bits per heavy atom. The monoisotopic (exact) mass is 397 g/mol. The fourth-order valence-corrected chi connectivity index (χ4v) is 3.38. The van der Waals surface area contributed by atoms with Crippen molar-refractivity contribution in [2.75, 3.05) is 49.1 Å². The molecule has 1 aliphatic rings. The van der Waals surface area contributed by atoms with Gasteiger partial charge in [0.15, 0.2) is 0 Å². The first-order chi connectivity index (χ1) is 14.1. The lowest BCUT2D eigenvalue weighted by atomic mass is 10.2. The maximum absolute atomic E-state index is 12.7. The molecule has 1 aromatic heterocycles. The van der Waals surface area contributed by atoms with Crippen molar-refractivity contribution >= 4 is 23.5 Å². The van der Waals surface area contributed by atoms with Gasteiger partial charge < -0.3 is 19.4 Å². The normalized spacial score (nSPS) is 13.9. The van der Waals surface area contributed by atoms with Crippen molar-refractivity contribution in [3.63, 3.8) is 0 Å². The summed E-state index contributed by atoms with van der Waals surface area (Å²) in [4.78, 5) is 39.0. The number of hydrogen-bond acceptors (Lipinski definition) is 6. The quantitative estimate of drug-likeness (QED) is 0.711. The number of hydrogen-bond donors (Lipinski definition) is 0. The third kappa shape index (κ3) is 5.22. The Morgan fingerprint density at radius 3 is 2.41 bits per heavy atom. The SMILES string of the molecule is CCOc1ccccc1N(CCC(=O)N1CCN(c2ncccn2)CC1)C(C)=O. The van der Waals surface area contributed by atoms with E-state index < -0.39 is 0 Å². The Balaban J connectivity index is 1.57. The third-order valence-corrected chi connectivity index (χ3v) is 4.85. The van der Waals surface area contributed by atoms with Gasteiger partial charge in [0.25, 0.3) is 0 Å². The highest BCUT2D eigenvalue weighted by atomic mass is 16.5. The minimum absolute atomic E-state index is 0.0405. The summed E-state index contributed by atoms with van der Waals surface area (Å²) >= 11 is 0. The lowest BCUT2D eigenvalue weighted by Gasteiger charge is -2.35. The van der Waals surface area contributed by atoms with Gasteiger partial charge in [-0.3, -0.25) is 9.59 Å². The second-order valence-corrected chi connectivity index (χ2v) is 6.74. The number of piperazine rings is 1. The molecule has 0 aliphatic carbocycles. The molecule has 2 amide bonds. The largest absolute Gasteiger partial charge is 0.492 e. The molecule has 0 unspecified atom stereocenters. The third-order valence-electron chi connectivity index (χ3n) is 4.85. The van der Waals surface area contributed by atoms with Gasteiger partial charge in [-0.15, -0.1) is 0 Å². The molecule has 0 bridgehead atoms. The molecular weight excluding hydrogens is 370 g/mol. The van der Waals surface area contributed by atoms with Crippen LogP contribution in [0.4, 0.5) is 11.6 Å². The number of ether oxygens (including phenoxy) is 1. The Bertz CT molecular complexity index is 822. The average Bonchev–Trinajstić information content (AvgIpc) is 2.75. The van der Waals surface area contributed by atoms with Crippen LogP contribution in [0.25, 0.3) is 0 Å². The summed E-state index contributed by atoms with van der Waals surface area (Å²) in [5.41, 5.74) is 0.695. The summed E-state index contributed by atoms with van der Waals surface area (Å²) in [5.74, 6) is 1.26. The van der Waals surface area contributed by atoms with Gasteiger partial charge in [0.05, 0.1) is 12.3 Å². The lowest BCUT2D eigenvalue weighted by Crippen LogP contribution is -2.49. The fourth-order valence-electron chi connectivity index (χ4n) is 3.38. The van der Waals surface area contributed by atoms with Gasteiger partial charge >= 0.3 is 0 Å². The van der Waals surface area contributed by atoms with Crippen LogP contribution in [0.2, 0.25) is 0 Å². The van der Waals surface area contributed by atoms with E-state index in [1.165, 1.54) is 6.92 Å². The summed E-state index contributed by atoms with van der Waals surface area (Å²) in [6.07, 6.45) is 3.70. The van der Waals surface area contributed by atoms with Crippen molar-refractivity contribution in [3.05, 3.63) is 42.7 Å². The number of aromatic nitrogens is 2. The molecule has 0 saturated carbocycles. The van der Waals surface area contributed by atoms with Crippen molar-refractivity contribution in [2.24, 2.45) is 0 Å². The van der Waals surface area contributed by atoms with Gasteiger partial charge in [-0.25, -0.2) is 9.97 Å². The van der Waals surface area contributed by atoms with Crippen LogP contribution in [0, 0.1) is 0 Å². The average molecular weight is 397 g/mol. The molecule has 2 heterocycles. The van der Waals surface area contributed by atoms with Crippen LogP contribution >= 0.6 is 0 Å². The van der Waals surface area contributed by atoms with Crippen LogP contribution in [0.15, 0.2) is 42.7 Å². The summed E-state index contributed by atoms with van der Waals surface area (Å²) < 4.78 is 5.64. The van der Waals surface area contributed by atoms with E-state index in [9.17, 15) is 9.59 Å². The topological polar surface area (TPSA) is 78.9 Å². The van der Waals surface area contributed by atoms with Gasteiger partial charge in [0.2, 0.25) is 17.8 Å². The van der Waals surface area contributed by atoms with E-state index in [2.05, 4.69) is 14.9 Å². The van der Waals surface area contributed by atoms with Crippen molar-refractivity contribution in [1.29, 1.82) is 0 Å². The van der Waals surface area contributed by atoms with Crippen LogP contribution in [0.3, 0.4) is 0 Å². The molecule has 1 aliphatic heterocycles. The standard InChI is InChI=1S/C21H27N5O3/c1-3-29-19-8-5-4-7-18(19)26(17(2)27)12-9-20(28)24-13-15-25(16-14-24)21-22-10-6-11-23-21/h4-8,10-11H,3,9,12-16H2,1-2H3. The number of anilines is 2. The van der Waals surface area contributed by atoms with Crippen LogP contribution in [0.5, 0.6) is 5.75 Å². The highest BCUT2D eigenvalue weighted by Gasteiger charge is 2.24. The smallest absolute Gasteiger partial charge is 0.225 e. The molecule has 0 spiro atoms. The van der Waals surface area contributed by atoms with Gasteiger partial charge in [-0.05, 0) is 25.1 Å². The van der Waals surface area contributed by atoms with Crippen molar-refractivity contribution in [1.82, 2.24) is 14.9 Å². The molecule has 8 heteroatoms. The number of carbonyl (C=O) groups is 2.